The quantitative estimate of drug-likeness (QED) is 0.766. The second-order valence-electron chi connectivity index (χ2n) is 2.30. The van der Waals surface area contributed by atoms with Crippen LogP contribution < -0.4 is 5.73 Å². The van der Waals surface area contributed by atoms with Gasteiger partial charge in [0, 0.05) is 4.47 Å². The van der Waals surface area contributed by atoms with E-state index in [0.29, 0.717) is 10.2 Å². The fourth-order valence-electron chi connectivity index (χ4n) is 0.766. The van der Waals surface area contributed by atoms with E-state index < -0.39 is 5.97 Å². The van der Waals surface area contributed by atoms with Gasteiger partial charge < -0.3 is 10.8 Å². The van der Waals surface area contributed by atoms with Crippen LogP contribution in [0.2, 0.25) is 0 Å². The number of carboxylic acids is 1. The zero-order valence-corrected chi connectivity index (χ0v) is 7.92. The molecule has 3 N–H and O–H groups in total. The van der Waals surface area contributed by atoms with Crippen molar-refractivity contribution in [2.75, 3.05) is 5.73 Å². The minimum absolute atomic E-state index is 0.101. The number of pyridine rings is 1. The lowest BCUT2D eigenvalue weighted by molar-refractivity contribution is 0.0691. The average Bonchev–Trinajstić information content (AvgIpc) is 1.96. The van der Waals surface area contributed by atoms with Crippen molar-refractivity contribution < 1.29 is 9.90 Å². The first-order valence-corrected chi connectivity index (χ1v) is 3.97. The summed E-state index contributed by atoms with van der Waals surface area (Å²) < 4.78 is 0.713. The molecular weight excluding hydrogens is 224 g/mol. The topological polar surface area (TPSA) is 76.2 Å². The number of carbonyl (C=O) groups is 1. The highest BCUT2D eigenvalue weighted by Crippen LogP contribution is 2.19. The molecule has 4 nitrogen and oxygen atoms in total. The summed E-state index contributed by atoms with van der Waals surface area (Å²) in [6.45, 7) is 1.70. The van der Waals surface area contributed by atoms with Crippen molar-refractivity contribution >= 4 is 27.6 Å². The van der Waals surface area contributed by atoms with Gasteiger partial charge in [-0.3, -0.25) is 0 Å². The third kappa shape index (κ3) is 1.55. The van der Waals surface area contributed by atoms with E-state index in [4.69, 9.17) is 10.8 Å². The second-order valence-corrected chi connectivity index (χ2v) is 3.15. The molecule has 1 aromatic rings. The highest BCUT2D eigenvalue weighted by Gasteiger charge is 2.11. The van der Waals surface area contributed by atoms with Crippen LogP contribution in [-0.2, 0) is 0 Å². The van der Waals surface area contributed by atoms with Crippen molar-refractivity contribution in [1.29, 1.82) is 0 Å². The second kappa shape index (κ2) is 3.10. The van der Waals surface area contributed by atoms with Gasteiger partial charge in [-0.25, -0.2) is 9.78 Å². The molecule has 0 aliphatic heterocycles. The number of halogens is 1. The number of aromatic nitrogens is 1. The Bertz CT molecular complexity index is 338. The normalized spacial score (nSPS) is 9.83. The first-order valence-electron chi connectivity index (χ1n) is 3.18. The van der Waals surface area contributed by atoms with Gasteiger partial charge in [0.15, 0.2) is 5.69 Å². The minimum atomic E-state index is -1.11. The van der Waals surface area contributed by atoms with Crippen molar-refractivity contribution in [3.63, 3.8) is 0 Å². The Kier molecular flexibility index (Phi) is 2.32. The third-order valence-electron chi connectivity index (χ3n) is 1.38. The van der Waals surface area contributed by atoms with E-state index in [1.807, 2.05) is 0 Å². The van der Waals surface area contributed by atoms with Crippen LogP contribution >= 0.6 is 15.9 Å². The third-order valence-corrected chi connectivity index (χ3v) is 2.19. The van der Waals surface area contributed by atoms with Crippen LogP contribution in [0.1, 0.15) is 16.2 Å². The van der Waals surface area contributed by atoms with Crippen LogP contribution in [0.15, 0.2) is 10.5 Å². The summed E-state index contributed by atoms with van der Waals surface area (Å²) >= 11 is 3.19. The summed E-state index contributed by atoms with van der Waals surface area (Å²) in [6, 6.07) is 1.53. The molecule has 0 aliphatic carbocycles. The maximum atomic E-state index is 10.5. The SMILES string of the molecule is Cc1nc(C(=O)O)c(N)cc1Br. The van der Waals surface area contributed by atoms with Gasteiger partial charge in [0.2, 0.25) is 0 Å². The van der Waals surface area contributed by atoms with Gasteiger partial charge in [-0.1, -0.05) is 0 Å². The summed E-state index contributed by atoms with van der Waals surface area (Å²) in [6.07, 6.45) is 0. The zero-order valence-electron chi connectivity index (χ0n) is 6.34. The number of hydrogen-bond acceptors (Lipinski definition) is 3. The van der Waals surface area contributed by atoms with Crippen LogP contribution in [0.3, 0.4) is 0 Å². The molecule has 64 valence electrons. The standard InChI is InChI=1S/C7H7BrN2O2/c1-3-4(8)2-5(9)6(10-3)7(11)12/h2H,9H2,1H3,(H,11,12). The molecule has 0 saturated carbocycles. The van der Waals surface area contributed by atoms with Crippen LogP contribution in [0.5, 0.6) is 0 Å². The average molecular weight is 231 g/mol. The number of aromatic carboxylic acids is 1. The Morgan fingerprint density at radius 1 is 1.75 bits per heavy atom. The molecule has 0 bridgehead atoms. The highest BCUT2D eigenvalue weighted by molar-refractivity contribution is 9.10. The molecule has 1 heterocycles. The van der Waals surface area contributed by atoms with Crippen molar-refractivity contribution in [3.8, 4) is 0 Å². The largest absolute Gasteiger partial charge is 0.476 e. The Balaban J connectivity index is 3.33. The molecule has 5 heteroatoms. The van der Waals surface area contributed by atoms with E-state index in [1.54, 1.807) is 6.92 Å². The van der Waals surface area contributed by atoms with Crippen LogP contribution in [0.4, 0.5) is 5.69 Å². The lowest BCUT2D eigenvalue weighted by Crippen LogP contribution is -2.06. The van der Waals surface area contributed by atoms with E-state index >= 15 is 0 Å². The van der Waals surface area contributed by atoms with Gasteiger partial charge in [-0.2, -0.15) is 0 Å². The van der Waals surface area contributed by atoms with E-state index in [1.165, 1.54) is 6.07 Å². The van der Waals surface area contributed by atoms with Crippen LogP contribution in [0, 0.1) is 6.92 Å². The minimum Gasteiger partial charge on any atom is -0.476 e. The molecule has 1 aromatic heterocycles. The number of hydrogen-bond donors (Lipinski definition) is 2. The lowest BCUT2D eigenvalue weighted by atomic mass is 10.2. The predicted molar refractivity (Wildman–Crippen MR) is 48.0 cm³/mol. The van der Waals surface area contributed by atoms with Crippen LogP contribution in [-0.4, -0.2) is 16.1 Å². The van der Waals surface area contributed by atoms with E-state index in [0.717, 1.165) is 0 Å². The van der Waals surface area contributed by atoms with Crippen molar-refractivity contribution in [3.05, 3.63) is 21.9 Å². The molecule has 1 rings (SSSR count). The maximum absolute atomic E-state index is 10.5. The van der Waals surface area contributed by atoms with E-state index in [9.17, 15) is 4.79 Å². The predicted octanol–water partition coefficient (Wildman–Crippen LogP) is 1.43. The fraction of sp³-hybridized carbons (Fsp3) is 0.143. The molecule has 0 unspecified atom stereocenters. The van der Waals surface area contributed by atoms with Gasteiger partial charge >= 0.3 is 5.97 Å². The molecular formula is C7H7BrN2O2. The summed E-state index contributed by atoms with van der Waals surface area (Å²) in [5.41, 5.74) is 6.10. The molecule has 0 spiro atoms. The molecule has 0 aromatic carbocycles. The van der Waals surface area contributed by atoms with Gasteiger partial charge in [0.1, 0.15) is 0 Å². The Morgan fingerprint density at radius 2 is 2.33 bits per heavy atom. The molecule has 12 heavy (non-hydrogen) atoms. The number of rotatable bonds is 1. The van der Waals surface area contributed by atoms with Gasteiger partial charge in [-0.15, -0.1) is 0 Å². The number of anilines is 1. The smallest absolute Gasteiger partial charge is 0.356 e. The lowest BCUT2D eigenvalue weighted by Gasteiger charge is -2.02. The fourth-order valence-corrected chi connectivity index (χ4v) is 1.10. The Morgan fingerprint density at radius 3 is 2.83 bits per heavy atom. The number of nitrogens with two attached hydrogens (primary N) is 1. The summed E-state index contributed by atoms with van der Waals surface area (Å²) in [7, 11) is 0. The van der Waals surface area contributed by atoms with E-state index in [2.05, 4.69) is 20.9 Å². The molecule has 0 radical (unpaired) electrons. The summed E-state index contributed by atoms with van der Waals surface area (Å²) in [5, 5.41) is 8.62. The van der Waals surface area contributed by atoms with Crippen LogP contribution in [0.25, 0.3) is 0 Å². The molecule has 0 saturated heterocycles. The van der Waals surface area contributed by atoms with Crippen molar-refractivity contribution in [1.82, 2.24) is 4.98 Å². The van der Waals surface area contributed by atoms with Gasteiger partial charge in [0.05, 0.1) is 11.4 Å². The summed E-state index contributed by atoms with van der Waals surface area (Å²) in [5.74, 6) is -1.11. The van der Waals surface area contributed by atoms with E-state index in [-0.39, 0.29) is 11.4 Å². The van der Waals surface area contributed by atoms with Gasteiger partial charge in [-0.05, 0) is 28.9 Å². The number of nitrogens with zero attached hydrogens (tertiary/aromatic N) is 1. The first kappa shape index (κ1) is 8.99. The van der Waals surface area contributed by atoms with Crippen molar-refractivity contribution in [2.45, 2.75) is 6.92 Å². The molecule has 0 amide bonds. The molecule has 0 fully saturated rings. The van der Waals surface area contributed by atoms with Gasteiger partial charge in [0.25, 0.3) is 0 Å². The number of carboxylic acid groups (broad SMARTS) is 1. The number of aryl methyl sites for hydroxylation is 1. The van der Waals surface area contributed by atoms with Crippen molar-refractivity contribution in [2.24, 2.45) is 0 Å². The Labute approximate surface area is 77.5 Å². The Hall–Kier alpha value is -1.10. The molecule has 0 aliphatic rings. The maximum Gasteiger partial charge on any atom is 0.356 e. The monoisotopic (exact) mass is 230 g/mol. The highest BCUT2D eigenvalue weighted by atomic mass is 79.9. The first-order chi connectivity index (χ1) is 5.52. The summed E-state index contributed by atoms with van der Waals surface area (Å²) in [4.78, 5) is 14.3. The zero-order chi connectivity index (χ0) is 9.30. The molecule has 0 atom stereocenters. The number of nitrogen functional groups attached to an aromatic ring is 1.